The Morgan fingerprint density at radius 3 is 2.43 bits per heavy atom. The Morgan fingerprint density at radius 2 is 1.86 bits per heavy atom. The minimum atomic E-state index is -3.71. The summed E-state index contributed by atoms with van der Waals surface area (Å²) in [4.78, 5) is 32.3. The molecule has 2 fully saturated rings. The third-order valence-electron chi connectivity index (χ3n) is 6.55. The van der Waals surface area contributed by atoms with Crippen molar-refractivity contribution in [2.75, 3.05) is 12.8 Å². The van der Waals surface area contributed by atoms with Crippen molar-refractivity contribution >= 4 is 34.2 Å². The van der Waals surface area contributed by atoms with Crippen LogP contribution in [0.1, 0.15) is 41.9 Å². The van der Waals surface area contributed by atoms with Crippen LogP contribution in [0.4, 0.5) is 4.39 Å². The van der Waals surface area contributed by atoms with Crippen LogP contribution in [0.5, 0.6) is 0 Å². The molecule has 3 atom stereocenters. The van der Waals surface area contributed by atoms with E-state index in [1.54, 1.807) is 29.2 Å². The first-order valence-electron chi connectivity index (χ1n) is 11.3. The van der Waals surface area contributed by atoms with E-state index in [4.69, 9.17) is 0 Å². The van der Waals surface area contributed by atoms with Gasteiger partial charge in [0.2, 0.25) is 15.9 Å². The second kappa shape index (κ2) is 10.6. The molecule has 2 amide bonds. The number of carbonyl (C=O) groups is 2. The molecule has 35 heavy (non-hydrogen) atoms. The molecule has 2 aromatic rings. The molecule has 4 rings (SSSR count). The maximum absolute atomic E-state index is 13.3. The molecule has 2 aliphatic rings. The molecule has 2 saturated heterocycles. The maximum Gasteiger partial charge on any atom is 0.255 e. The Hall–Kier alpha value is -2.56. The number of nitrogens with zero attached hydrogens (tertiary/aromatic N) is 3. The molecule has 11 heteroatoms. The summed E-state index contributed by atoms with van der Waals surface area (Å²) in [6, 6.07) is 8.71. The zero-order valence-corrected chi connectivity index (χ0v) is 21.5. The maximum atomic E-state index is 13.3. The molecule has 3 heterocycles. The number of benzene rings is 1. The lowest BCUT2D eigenvalue weighted by molar-refractivity contribution is -0.129. The van der Waals surface area contributed by atoms with E-state index >= 15 is 0 Å². The first-order chi connectivity index (χ1) is 16.1. The number of carbonyl (C=O) groups excluding carboxylic acids is 2. The van der Waals surface area contributed by atoms with Gasteiger partial charge >= 0.3 is 0 Å². The minimum absolute atomic E-state index is 0. The van der Waals surface area contributed by atoms with Gasteiger partial charge in [0.25, 0.3) is 5.91 Å². The van der Waals surface area contributed by atoms with Crippen LogP contribution in [-0.4, -0.2) is 59.3 Å². The average Bonchev–Trinajstić information content (AvgIpc) is 3.31. The predicted octanol–water partition coefficient (Wildman–Crippen LogP) is 2.59. The van der Waals surface area contributed by atoms with Crippen LogP contribution in [0.2, 0.25) is 0 Å². The molecule has 2 aliphatic heterocycles. The monoisotopic (exact) mass is 524 g/mol. The lowest BCUT2D eigenvalue weighted by Crippen LogP contribution is -2.44. The van der Waals surface area contributed by atoms with Crippen molar-refractivity contribution in [2.24, 2.45) is 11.8 Å². The van der Waals surface area contributed by atoms with Crippen molar-refractivity contribution in [3.8, 4) is 0 Å². The van der Waals surface area contributed by atoms with Gasteiger partial charge in [0.1, 0.15) is 5.82 Å². The Balaban J connectivity index is 0.00000342. The van der Waals surface area contributed by atoms with Gasteiger partial charge in [-0.05, 0) is 42.2 Å². The van der Waals surface area contributed by atoms with E-state index < -0.39 is 33.9 Å². The highest BCUT2D eigenvalue weighted by atomic mass is 35.5. The Kier molecular flexibility index (Phi) is 8.18. The van der Waals surface area contributed by atoms with Gasteiger partial charge in [0.15, 0.2) is 0 Å². The number of pyridine rings is 1. The second-order valence-electron chi connectivity index (χ2n) is 9.28. The van der Waals surface area contributed by atoms with Crippen molar-refractivity contribution in [3.63, 3.8) is 0 Å². The molecule has 8 nitrogen and oxygen atoms in total. The Labute approximate surface area is 211 Å². The number of aromatic nitrogens is 1. The summed E-state index contributed by atoms with van der Waals surface area (Å²) in [5.41, 5.74) is 2.10. The molecule has 0 aliphatic carbocycles. The van der Waals surface area contributed by atoms with Gasteiger partial charge in [-0.25, -0.2) is 17.1 Å². The molecule has 1 N–H and O–H groups in total. The van der Waals surface area contributed by atoms with E-state index in [-0.39, 0.29) is 30.0 Å². The normalized spacial score (nSPS) is 21.9. The molecule has 0 spiro atoms. The zero-order chi connectivity index (χ0) is 24.6. The third-order valence-corrected chi connectivity index (χ3v) is 7.71. The predicted molar refractivity (Wildman–Crippen MR) is 132 cm³/mol. The summed E-state index contributed by atoms with van der Waals surface area (Å²) >= 11 is 0. The van der Waals surface area contributed by atoms with Crippen molar-refractivity contribution in [1.82, 2.24) is 19.5 Å². The molecule has 1 aromatic heterocycles. The van der Waals surface area contributed by atoms with E-state index in [1.165, 1.54) is 18.3 Å². The van der Waals surface area contributed by atoms with Gasteiger partial charge < -0.3 is 10.2 Å². The van der Waals surface area contributed by atoms with Gasteiger partial charge in [-0.15, -0.1) is 12.4 Å². The van der Waals surface area contributed by atoms with Crippen LogP contribution >= 0.6 is 12.4 Å². The van der Waals surface area contributed by atoms with Crippen LogP contribution in [0, 0.1) is 17.7 Å². The summed E-state index contributed by atoms with van der Waals surface area (Å²) in [5.74, 6) is -1.62. The van der Waals surface area contributed by atoms with E-state index in [0.717, 1.165) is 21.8 Å². The molecular formula is C24H30ClFN4O4S. The zero-order valence-electron chi connectivity index (χ0n) is 19.8. The summed E-state index contributed by atoms with van der Waals surface area (Å²) in [7, 11) is -3.71. The summed E-state index contributed by atoms with van der Waals surface area (Å²) in [5, 5.41) is 3.23. The molecule has 190 valence electrons. The highest BCUT2D eigenvalue weighted by Gasteiger charge is 2.58. The Morgan fingerprint density at radius 1 is 1.17 bits per heavy atom. The quantitative estimate of drug-likeness (QED) is 0.597. The fourth-order valence-electron chi connectivity index (χ4n) is 5.03. The first-order valence-corrected chi connectivity index (χ1v) is 13.2. The number of nitrogens with one attached hydrogen (secondary N) is 1. The fraction of sp³-hybridized carbons (Fsp3) is 0.458. The highest BCUT2D eigenvalue weighted by molar-refractivity contribution is 7.88. The number of amides is 2. The van der Waals surface area contributed by atoms with Crippen LogP contribution in [-0.2, 0) is 27.9 Å². The van der Waals surface area contributed by atoms with E-state index in [1.807, 2.05) is 13.8 Å². The number of sulfonamides is 1. The first kappa shape index (κ1) is 27.0. The Bertz CT molecular complexity index is 1180. The number of hydrogen-bond donors (Lipinski definition) is 1. The van der Waals surface area contributed by atoms with Crippen molar-refractivity contribution < 1.29 is 22.4 Å². The van der Waals surface area contributed by atoms with E-state index in [0.29, 0.717) is 31.6 Å². The SMILES string of the molecule is CC(C)[C@H]1C(=O)N(S(C)(=O)=O)[C@H]2CCN(C(=O)c3ccc(CNCc4ccc(F)cc4)nc3)[C@H]12.Cl. The second-order valence-corrected chi connectivity index (χ2v) is 11.1. The third kappa shape index (κ3) is 5.49. The van der Waals surface area contributed by atoms with Gasteiger partial charge in [0, 0.05) is 25.8 Å². The van der Waals surface area contributed by atoms with E-state index in [2.05, 4.69) is 10.3 Å². The number of hydrogen-bond acceptors (Lipinski definition) is 6. The topological polar surface area (TPSA) is 99.7 Å². The average molecular weight is 525 g/mol. The molecule has 0 saturated carbocycles. The summed E-state index contributed by atoms with van der Waals surface area (Å²) in [6.45, 7) is 5.18. The number of fused-ring (bicyclic) bond motifs is 1. The number of halogens is 2. The lowest BCUT2D eigenvalue weighted by atomic mass is 9.88. The largest absolute Gasteiger partial charge is 0.333 e. The standard InChI is InChI=1S/C24H29FN4O4S.ClH/c1-15(2)21-22-20(29(24(21)31)34(3,32)33)10-11-28(22)23(30)17-6-9-19(27-13-17)14-26-12-16-4-7-18(25)8-5-16;/h4-9,13,15,20-22,26H,10-12,14H2,1-3H3;1H/t20-,21+,22-;/m0./s1. The van der Waals surface area contributed by atoms with Crippen molar-refractivity contribution in [3.05, 3.63) is 65.2 Å². The smallest absolute Gasteiger partial charge is 0.255 e. The molecule has 1 aromatic carbocycles. The van der Waals surface area contributed by atoms with Gasteiger partial charge in [-0.1, -0.05) is 26.0 Å². The number of rotatable bonds is 7. The summed E-state index contributed by atoms with van der Waals surface area (Å²) < 4.78 is 38.6. The van der Waals surface area contributed by atoms with Crippen molar-refractivity contribution in [1.29, 1.82) is 0 Å². The van der Waals surface area contributed by atoms with E-state index in [9.17, 15) is 22.4 Å². The minimum Gasteiger partial charge on any atom is -0.333 e. The van der Waals surface area contributed by atoms with Gasteiger partial charge in [0.05, 0.1) is 35.5 Å². The van der Waals surface area contributed by atoms with Crippen molar-refractivity contribution in [2.45, 2.75) is 45.4 Å². The lowest BCUT2D eigenvalue weighted by Gasteiger charge is -2.29. The molecule has 0 radical (unpaired) electrons. The van der Waals surface area contributed by atoms with Crippen LogP contribution in [0.25, 0.3) is 0 Å². The van der Waals surface area contributed by atoms with Gasteiger partial charge in [-0.3, -0.25) is 14.6 Å². The number of likely N-dealkylation sites (tertiary alicyclic amines) is 1. The van der Waals surface area contributed by atoms with Gasteiger partial charge in [-0.2, -0.15) is 0 Å². The van der Waals surface area contributed by atoms with Crippen LogP contribution in [0.3, 0.4) is 0 Å². The molecule has 0 unspecified atom stereocenters. The van der Waals surface area contributed by atoms with Crippen LogP contribution in [0.15, 0.2) is 42.6 Å². The summed E-state index contributed by atoms with van der Waals surface area (Å²) in [6.07, 6.45) is 2.99. The molecule has 0 bridgehead atoms. The molecular weight excluding hydrogens is 495 g/mol. The highest BCUT2D eigenvalue weighted by Crippen LogP contribution is 2.41. The van der Waals surface area contributed by atoms with Crippen LogP contribution < -0.4 is 5.32 Å². The fourth-order valence-corrected chi connectivity index (χ4v) is 6.20.